The molecule has 23 heavy (non-hydrogen) atoms. The predicted molar refractivity (Wildman–Crippen MR) is 100 cm³/mol. The van der Waals surface area contributed by atoms with Gasteiger partial charge in [-0.3, -0.25) is 0 Å². The van der Waals surface area contributed by atoms with Crippen LogP contribution >= 0.6 is 43.2 Å². The lowest BCUT2D eigenvalue weighted by atomic mass is 10.1. The van der Waals surface area contributed by atoms with Gasteiger partial charge in [-0.1, -0.05) is 28.1 Å². The Labute approximate surface area is 156 Å². The quantitative estimate of drug-likeness (QED) is 0.634. The Morgan fingerprint density at radius 2 is 1.96 bits per heavy atom. The molecule has 0 unspecified atom stereocenters. The molecule has 0 bridgehead atoms. The molecule has 8 heteroatoms. The second-order valence-corrected chi connectivity index (χ2v) is 10.6. The van der Waals surface area contributed by atoms with E-state index < -0.39 is 10.0 Å². The van der Waals surface area contributed by atoms with Crippen LogP contribution in [0.1, 0.15) is 24.8 Å². The zero-order chi connectivity index (χ0) is 16.4. The summed E-state index contributed by atoms with van der Waals surface area (Å²) in [6.45, 7) is 0.412. The van der Waals surface area contributed by atoms with E-state index in [1.807, 2.05) is 24.3 Å². The number of benzene rings is 1. The van der Waals surface area contributed by atoms with E-state index in [-0.39, 0.29) is 0 Å². The summed E-state index contributed by atoms with van der Waals surface area (Å²) in [5.74, 6) is 0. The highest BCUT2D eigenvalue weighted by atomic mass is 79.9. The van der Waals surface area contributed by atoms with Crippen LogP contribution in [-0.4, -0.2) is 25.1 Å². The normalized spacial score (nSPS) is 16.1. The summed E-state index contributed by atoms with van der Waals surface area (Å²) in [5.41, 5.74) is 1.76. The molecule has 4 nitrogen and oxygen atoms in total. The summed E-state index contributed by atoms with van der Waals surface area (Å²) >= 11 is 7.97. The highest BCUT2D eigenvalue weighted by molar-refractivity contribution is 9.11. The molecule has 0 N–H and O–H groups in total. The number of thiophene rings is 1. The lowest BCUT2D eigenvalue weighted by molar-refractivity contribution is 0.430. The molecule has 0 aliphatic carbocycles. The Kier molecular flexibility index (Phi) is 5.25. The maximum Gasteiger partial charge on any atom is 0.288 e. The SMILES string of the molecule is O=S(=O)(c1ccc(Br)s1)N1CCCCC(c2cccc(Br)c2)=N1. The van der Waals surface area contributed by atoms with Crippen molar-refractivity contribution < 1.29 is 8.42 Å². The van der Waals surface area contributed by atoms with Gasteiger partial charge in [0.15, 0.2) is 0 Å². The smallest absolute Gasteiger partial charge is 0.199 e. The molecule has 0 amide bonds. The van der Waals surface area contributed by atoms with Gasteiger partial charge < -0.3 is 0 Å². The second kappa shape index (κ2) is 7.04. The van der Waals surface area contributed by atoms with E-state index >= 15 is 0 Å². The molecule has 122 valence electrons. The number of hydrogen-bond acceptors (Lipinski definition) is 4. The first-order chi connectivity index (χ1) is 11.0. The van der Waals surface area contributed by atoms with Gasteiger partial charge in [0.25, 0.3) is 10.0 Å². The van der Waals surface area contributed by atoms with Gasteiger partial charge in [-0.15, -0.1) is 11.3 Å². The Hall–Kier alpha value is -0.700. The molecule has 2 aromatic rings. The van der Waals surface area contributed by atoms with E-state index in [0.717, 1.165) is 38.8 Å². The van der Waals surface area contributed by atoms with Crippen LogP contribution in [0.15, 0.2) is 54.0 Å². The summed E-state index contributed by atoms with van der Waals surface area (Å²) in [6.07, 6.45) is 2.49. The van der Waals surface area contributed by atoms with Gasteiger partial charge in [0, 0.05) is 4.47 Å². The summed E-state index contributed by atoms with van der Waals surface area (Å²) in [6, 6.07) is 11.2. The topological polar surface area (TPSA) is 49.7 Å². The van der Waals surface area contributed by atoms with Crippen LogP contribution < -0.4 is 0 Å². The number of nitrogens with zero attached hydrogens (tertiary/aromatic N) is 2. The van der Waals surface area contributed by atoms with Gasteiger partial charge in [-0.2, -0.15) is 17.9 Å². The van der Waals surface area contributed by atoms with Crippen molar-refractivity contribution in [1.29, 1.82) is 0 Å². The first kappa shape index (κ1) is 17.1. The third-order valence-electron chi connectivity index (χ3n) is 3.48. The van der Waals surface area contributed by atoms with Gasteiger partial charge in [0.05, 0.1) is 16.0 Å². The van der Waals surface area contributed by atoms with Crippen LogP contribution in [0.4, 0.5) is 0 Å². The number of sulfonamides is 1. The van der Waals surface area contributed by atoms with Gasteiger partial charge in [-0.25, -0.2) is 0 Å². The number of halogens is 2. The molecule has 2 heterocycles. The molecule has 3 rings (SSSR count). The Balaban J connectivity index is 1.99. The second-order valence-electron chi connectivity index (χ2n) is 5.12. The van der Waals surface area contributed by atoms with Crippen molar-refractivity contribution in [3.05, 3.63) is 50.2 Å². The maximum atomic E-state index is 12.8. The Bertz CT molecular complexity index is 847. The first-order valence-corrected chi connectivity index (χ1v) is 10.9. The van der Waals surface area contributed by atoms with Crippen molar-refractivity contribution in [3.63, 3.8) is 0 Å². The van der Waals surface area contributed by atoms with Gasteiger partial charge in [0.1, 0.15) is 4.21 Å². The molecule has 0 fully saturated rings. The van der Waals surface area contributed by atoms with Crippen molar-refractivity contribution in [2.75, 3.05) is 6.54 Å². The van der Waals surface area contributed by atoms with Crippen molar-refractivity contribution in [3.8, 4) is 0 Å². The van der Waals surface area contributed by atoms with Gasteiger partial charge in [0.2, 0.25) is 0 Å². The maximum absolute atomic E-state index is 12.8. The van der Waals surface area contributed by atoms with E-state index in [1.54, 1.807) is 12.1 Å². The summed E-state index contributed by atoms with van der Waals surface area (Å²) < 4.78 is 28.9. The lowest BCUT2D eigenvalue weighted by Crippen LogP contribution is -2.26. The standard InChI is InChI=1S/C15H14Br2N2O2S2/c16-12-5-3-4-11(10-12)13-6-1-2-9-19(18-13)23(20,21)15-8-7-14(17)22-15/h3-5,7-8,10H,1-2,6,9H2. The summed E-state index contributed by atoms with van der Waals surface area (Å²) in [4.78, 5) is 0. The van der Waals surface area contributed by atoms with Crippen molar-refractivity contribution in [2.45, 2.75) is 23.5 Å². The average Bonchev–Trinajstić information content (AvgIpc) is 2.81. The van der Waals surface area contributed by atoms with E-state index in [0.29, 0.717) is 10.8 Å². The summed E-state index contributed by atoms with van der Waals surface area (Å²) in [7, 11) is -3.59. The van der Waals surface area contributed by atoms with Crippen molar-refractivity contribution >= 4 is 58.9 Å². The Morgan fingerprint density at radius 1 is 1.13 bits per heavy atom. The van der Waals surface area contributed by atoms with Crippen LogP contribution in [0.3, 0.4) is 0 Å². The fraction of sp³-hybridized carbons (Fsp3) is 0.267. The van der Waals surface area contributed by atoms with E-state index in [9.17, 15) is 8.42 Å². The molecule has 1 aromatic carbocycles. The summed E-state index contributed by atoms with van der Waals surface area (Å²) in [5, 5.41) is 4.48. The highest BCUT2D eigenvalue weighted by Gasteiger charge is 2.27. The monoisotopic (exact) mass is 476 g/mol. The molecule has 0 saturated heterocycles. The molecular formula is C15H14Br2N2O2S2. The molecule has 0 radical (unpaired) electrons. The van der Waals surface area contributed by atoms with Crippen molar-refractivity contribution in [1.82, 2.24) is 4.41 Å². The van der Waals surface area contributed by atoms with Crippen LogP contribution in [0.5, 0.6) is 0 Å². The minimum absolute atomic E-state index is 0.309. The minimum atomic E-state index is -3.59. The molecular weight excluding hydrogens is 464 g/mol. The van der Waals surface area contributed by atoms with Gasteiger partial charge in [-0.05, 0) is 65.0 Å². The molecule has 0 spiro atoms. The van der Waals surface area contributed by atoms with Crippen LogP contribution in [0.2, 0.25) is 0 Å². The molecule has 0 saturated carbocycles. The minimum Gasteiger partial charge on any atom is -0.199 e. The number of rotatable bonds is 3. The van der Waals surface area contributed by atoms with Crippen LogP contribution in [0.25, 0.3) is 0 Å². The van der Waals surface area contributed by atoms with Crippen molar-refractivity contribution in [2.24, 2.45) is 5.10 Å². The lowest BCUT2D eigenvalue weighted by Gasteiger charge is -2.17. The van der Waals surface area contributed by atoms with Crippen LogP contribution in [-0.2, 0) is 10.0 Å². The highest BCUT2D eigenvalue weighted by Crippen LogP contribution is 2.30. The number of hydrogen-bond donors (Lipinski definition) is 0. The van der Waals surface area contributed by atoms with E-state index in [1.165, 1.54) is 15.8 Å². The zero-order valence-corrected chi connectivity index (χ0v) is 16.9. The molecule has 0 atom stereocenters. The third kappa shape index (κ3) is 3.87. The van der Waals surface area contributed by atoms with Gasteiger partial charge >= 0.3 is 0 Å². The first-order valence-electron chi connectivity index (χ1n) is 7.08. The molecule has 1 aliphatic rings. The predicted octanol–water partition coefficient (Wildman–Crippen LogP) is 4.85. The van der Waals surface area contributed by atoms with Crippen LogP contribution in [0, 0.1) is 0 Å². The zero-order valence-electron chi connectivity index (χ0n) is 12.1. The molecule has 1 aromatic heterocycles. The number of hydrazone groups is 1. The fourth-order valence-corrected chi connectivity index (χ4v) is 6.17. The largest absolute Gasteiger partial charge is 0.288 e. The average molecular weight is 478 g/mol. The van der Waals surface area contributed by atoms with E-state index in [4.69, 9.17) is 0 Å². The Morgan fingerprint density at radius 3 is 2.65 bits per heavy atom. The molecule has 1 aliphatic heterocycles. The third-order valence-corrected chi connectivity index (χ3v) is 7.74. The van der Waals surface area contributed by atoms with E-state index in [2.05, 4.69) is 37.0 Å². The fourth-order valence-electron chi connectivity index (χ4n) is 2.36.